The van der Waals surface area contributed by atoms with E-state index in [0.29, 0.717) is 6.61 Å². The molecule has 7 heteroatoms. The summed E-state index contributed by atoms with van der Waals surface area (Å²) in [5.74, 6) is -1.70. The smallest absolute Gasteiger partial charge is 0.303 e. The van der Waals surface area contributed by atoms with E-state index in [0.717, 1.165) is 5.56 Å². The predicted molar refractivity (Wildman–Crippen MR) is 90.8 cm³/mol. The lowest BCUT2D eigenvalue weighted by Crippen LogP contribution is -2.58. The molecule has 0 aromatic heterocycles. The lowest BCUT2D eigenvalue weighted by atomic mass is 9.98. The summed E-state index contributed by atoms with van der Waals surface area (Å²) < 4.78 is 34.3. The second-order valence-corrected chi connectivity index (χ2v) is 6.31. The number of carbonyl (C=O) groups is 1. The number of rotatable bonds is 6. The van der Waals surface area contributed by atoms with E-state index < -0.39 is 42.6 Å². The first-order valence-corrected chi connectivity index (χ1v) is 8.47. The van der Waals surface area contributed by atoms with Crippen molar-refractivity contribution in [1.82, 2.24) is 0 Å². The summed E-state index contributed by atoms with van der Waals surface area (Å²) in [7, 11) is 1.48. The van der Waals surface area contributed by atoms with E-state index in [4.69, 9.17) is 28.4 Å². The van der Waals surface area contributed by atoms with Crippen LogP contribution in [0.2, 0.25) is 0 Å². The van der Waals surface area contributed by atoms with Crippen molar-refractivity contribution in [2.24, 2.45) is 0 Å². The lowest BCUT2D eigenvalue weighted by Gasteiger charge is -2.40. The van der Waals surface area contributed by atoms with Crippen LogP contribution >= 0.6 is 0 Å². The van der Waals surface area contributed by atoms with Crippen molar-refractivity contribution in [2.75, 3.05) is 7.11 Å². The molecule has 1 aromatic carbocycles. The van der Waals surface area contributed by atoms with Crippen LogP contribution in [-0.4, -0.2) is 49.8 Å². The molecule has 2 aliphatic rings. The Labute approximate surface area is 152 Å². The van der Waals surface area contributed by atoms with Gasteiger partial charge in [-0.25, -0.2) is 0 Å². The molecule has 3 rings (SSSR count). The molecule has 2 saturated heterocycles. The van der Waals surface area contributed by atoms with Crippen LogP contribution in [0.4, 0.5) is 0 Å². The monoisotopic (exact) mass is 364 g/mol. The van der Waals surface area contributed by atoms with Crippen molar-refractivity contribution in [2.45, 2.75) is 57.1 Å². The van der Waals surface area contributed by atoms with Crippen LogP contribution < -0.4 is 0 Å². The maximum absolute atomic E-state index is 11.6. The molecule has 6 atom stereocenters. The largest absolute Gasteiger partial charge is 0.457 e. The van der Waals surface area contributed by atoms with E-state index >= 15 is 0 Å². The number of fused-ring (bicyclic) bond motifs is 1. The first-order chi connectivity index (χ1) is 12.5. The first-order valence-electron chi connectivity index (χ1n) is 8.47. The van der Waals surface area contributed by atoms with Gasteiger partial charge < -0.3 is 23.7 Å². The Morgan fingerprint density at radius 3 is 2.62 bits per heavy atom. The molecule has 0 spiro atoms. The average Bonchev–Trinajstić information content (AvgIpc) is 2.97. The maximum Gasteiger partial charge on any atom is 0.303 e. The Hall–Kier alpha value is -1.77. The summed E-state index contributed by atoms with van der Waals surface area (Å²) in [5, 5.41) is 0. The zero-order chi connectivity index (χ0) is 18.7. The maximum atomic E-state index is 11.6. The fraction of sp³-hybridized carbons (Fsp3) is 0.526. The number of esters is 1. The molecule has 0 radical (unpaired) electrons. The number of benzene rings is 1. The van der Waals surface area contributed by atoms with Gasteiger partial charge in [-0.3, -0.25) is 9.53 Å². The van der Waals surface area contributed by atoms with E-state index in [9.17, 15) is 4.79 Å². The highest BCUT2D eigenvalue weighted by atomic mass is 16.9. The summed E-state index contributed by atoms with van der Waals surface area (Å²) in [6.07, 6.45) is -1.70. The zero-order valence-electron chi connectivity index (χ0n) is 15.1. The third-order valence-electron chi connectivity index (χ3n) is 4.40. The van der Waals surface area contributed by atoms with Gasteiger partial charge in [0.2, 0.25) is 0 Å². The number of hydrogen-bond acceptors (Lipinski definition) is 7. The molecule has 1 aromatic rings. The highest BCUT2D eigenvalue weighted by molar-refractivity contribution is 5.66. The minimum atomic E-state index is -1.26. The van der Waals surface area contributed by atoms with Crippen molar-refractivity contribution in [3.63, 3.8) is 0 Å². The SMILES string of the molecule is C=C[C@@H]1O[C@@H]2O[C@@](C)(OC)O[C@@H]2[C@@H](OCc2ccccc2)[C@@H]1OC(C)=O. The van der Waals surface area contributed by atoms with Crippen LogP contribution in [0.5, 0.6) is 0 Å². The molecular weight excluding hydrogens is 340 g/mol. The standard InChI is InChI=1S/C19H24O7/c1-5-14-15(23-12(2)20)16(22-11-13-9-7-6-8-10-13)17-18(24-14)26-19(3,21-4)25-17/h5-10,14-18H,1,11H2,2-4H3/t14-,15+,16-,17+,18+,19-/m0/s1. The minimum Gasteiger partial charge on any atom is -0.457 e. The van der Waals surface area contributed by atoms with Gasteiger partial charge in [0.05, 0.1) is 6.61 Å². The van der Waals surface area contributed by atoms with Crippen LogP contribution in [0.25, 0.3) is 0 Å². The number of ether oxygens (including phenoxy) is 6. The Balaban J connectivity index is 1.84. The molecule has 0 amide bonds. The molecule has 26 heavy (non-hydrogen) atoms. The third kappa shape index (κ3) is 3.97. The third-order valence-corrected chi connectivity index (χ3v) is 4.40. The van der Waals surface area contributed by atoms with Crippen LogP contribution in [-0.2, 0) is 39.8 Å². The highest BCUT2D eigenvalue weighted by Crippen LogP contribution is 2.39. The Kier molecular flexibility index (Phi) is 5.74. The Bertz CT molecular complexity index is 634. The summed E-state index contributed by atoms with van der Waals surface area (Å²) in [6.45, 7) is 7.07. The summed E-state index contributed by atoms with van der Waals surface area (Å²) in [6, 6.07) is 9.70. The zero-order valence-corrected chi connectivity index (χ0v) is 15.1. The van der Waals surface area contributed by atoms with Crippen molar-refractivity contribution in [1.29, 1.82) is 0 Å². The second kappa shape index (κ2) is 7.85. The van der Waals surface area contributed by atoms with Crippen LogP contribution in [0.3, 0.4) is 0 Å². The van der Waals surface area contributed by atoms with Gasteiger partial charge in [-0.15, -0.1) is 6.58 Å². The molecule has 0 saturated carbocycles. The van der Waals surface area contributed by atoms with Crippen molar-refractivity contribution in [3.05, 3.63) is 48.6 Å². The fourth-order valence-corrected chi connectivity index (χ4v) is 3.11. The van der Waals surface area contributed by atoms with Gasteiger partial charge in [0.25, 0.3) is 5.97 Å². The molecule has 2 heterocycles. The first kappa shape index (κ1) is 19.0. The summed E-state index contributed by atoms with van der Waals surface area (Å²) in [4.78, 5) is 11.6. The molecule has 0 bridgehead atoms. The number of methoxy groups -OCH3 is 1. The van der Waals surface area contributed by atoms with Crippen molar-refractivity contribution >= 4 is 5.97 Å². The van der Waals surface area contributed by atoms with Gasteiger partial charge in [0.1, 0.15) is 18.3 Å². The topological polar surface area (TPSA) is 72.5 Å². The van der Waals surface area contributed by atoms with E-state index in [2.05, 4.69) is 6.58 Å². The summed E-state index contributed by atoms with van der Waals surface area (Å²) in [5.41, 5.74) is 0.987. The second-order valence-electron chi connectivity index (χ2n) is 6.31. The van der Waals surface area contributed by atoms with E-state index in [1.807, 2.05) is 30.3 Å². The lowest BCUT2D eigenvalue weighted by molar-refractivity contribution is -0.332. The van der Waals surface area contributed by atoms with Crippen LogP contribution in [0.1, 0.15) is 19.4 Å². The molecule has 2 fully saturated rings. The van der Waals surface area contributed by atoms with E-state index in [1.54, 1.807) is 13.0 Å². The molecule has 0 N–H and O–H groups in total. The van der Waals surface area contributed by atoms with Gasteiger partial charge in [0.15, 0.2) is 12.4 Å². The molecule has 142 valence electrons. The predicted octanol–water partition coefficient (Wildman–Crippen LogP) is 2.15. The summed E-state index contributed by atoms with van der Waals surface area (Å²) >= 11 is 0. The highest BCUT2D eigenvalue weighted by Gasteiger charge is 2.57. The quantitative estimate of drug-likeness (QED) is 0.566. The van der Waals surface area contributed by atoms with Gasteiger partial charge in [0, 0.05) is 21.0 Å². The molecule has 7 nitrogen and oxygen atoms in total. The molecular formula is C19H24O7. The van der Waals surface area contributed by atoms with E-state index in [1.165, 1.54) is 14.0 Å². The van der Waals surface area contributed by atoms with Crippen molar-refractivity contribution < 1.29 is 33.2 Å². The average molecular weight is 364 g/mol. The molecule has 0 unspecified atom stereocenters. The number of carbonyl (C=O) groups excluding carboxylic acids is 1. The molecule has 2 aliphatic heterocycles. The van der Waals surface area contributed by atoms with Crippen LogP contribution in [0.15, 0.2) is 43.0 Å². The Morgan fingerprint density at radius 1 is 1.27 bits per heavy atom. The Morgan fingerprint density at radius 2 is 2.00 bits per heavy atom. The van der Waals surface area contributed by atoms with Crippen LogP contribution in [0, 0.1) is 0 Å². The van der Waals surface area contributed by atoms with Gasteiger partial charge in [-0.2, -0.15) is 0 Å². The fourth-order valence-electron chi connectivity index (χ4n) is 3.11. The van der Waals surface area contributed by atoms with Gasteiger partial charge in [-0.05, 0) is 5.56 Å². The number of hydrogen-bond donors (Lipinski definition) is 0. The molecule has 0 aliphatic carbocycles. The van der Waals surface area contributed by atoms with E-state index in [-0.39, 0.29) is 0 Å². The minimum absolute atomic E-state index is 0.323. The van der Waals surface area contributed by atoms with Gasteiger partial charge in [-0.1, -0.05) is 36.4 Å². The van der Waals surface area contributed by atoms with Crippen molar-refractivity contribution in [3.8, 4) is 0 Å². The van der Waals surface area contributed by atoms with Gasteiger partial charge >= 0.3 is 5.97 Å². The normalized spacial score (nSPS) is 36.3.